The minimum atomic E-state index is -4.58. The summed E-state index contributed by atoms with van der Waals surface area (Å²) in [6.07, 6.45) is -4.58. The Kier molecular flexibility index (Phi) is 5.97. The number of nitrogens with one attached hydrogen (secondary N) is 1. The van der Waals surface area contributed by atoms with E-state index >= 15 is 0 Å². The van der Waals surface area contributed by atoms with Gasteiger partial charge < -0.3 is 19.2 Å². The van der Waals surface area contributed by atoms with Gasteiger partial charge in [-0.3, -0.25) is 0 Å². The Hall–Kier alpha value is -3.49. The summed E-state index contributed by atoms with van der Waals surface area (Å²) in [6, 6.07) is 7.80. The summed E-state index contributed by atoms with van der Waals surface area (Å²) in [5.41, 5.74) is 0.0279. The number of dihydropyridines is 1. The lowest BCUT2D eigenvalue weighted by atomic mass is 9.83. The number of rotatable bonds is 4. The van der Waals surface area contributed by atoms with Crippen LogP contribution in [0.3, 0.4) is 0 Å². The summed E-state index contributed by atoms with van der Waals surface area (Å²) in [5.74, 6) is -2.39. The van der Waals surface area contributed by atoms with Crippen LogP contribution in [0.5, 0.6) is 0 Å². The summed E-state index contributed by atoms with van der Waals surface area (Å²) in [6.45, 7) is 3.25. The molecule has 1 aliphatic heterocycles. The topological polar surface area (TPSA) is 77.8 Å². The second-order valence-corrected chi connectivity index (χ2v) is 6.86. The highest BCUT2D eigenvalue weighted by atomic mass is 19.4. The van der Waals surface area contributed by atoms with Gasteiger partial charge in [0.15, 0.2) is 0 Å². The van der Waals surface area contributed by atoms with E-state index in [1.54, 1.807) is 13.8 Å². The molecule has 164 valence electrons. The summed E-state index contributed by atoms with van der Waals surface area (Å²) in [5, 5.41) is 2.94. The summed E-state index contributed by atoms with van der Waals surface area (Å²) < 4.78 is 55.8. The Labute approximate surface area is 176 Å². The molecule has 1 aromatic carbocycles. The molecule has 31 heavy (non-hydrogen) atoms. The van der Waals surface area contributed by atoms with Crippen molar-refractivity contribution in [2.45, 2.75) is 25.9 Å². The van der Waals surface area contributed by atoms with E-state index in [0.717, 1.165) is 6.07 Å². The largest absolute Gasteiger partial charge is 0.466 e. The fourth-order valence-electron chi connectivity index (χ4n) is 3.64. The van der Waals surface area contributed by atoms with Crippen LogP contribution in [-0.2, 0) is 25.2 Å². The minimum Gasteiger partial charge on any atom is -0.466 e. The number of carbonyl (C=O) groups excluding carboxylic acids is 2. The number of alkyl halides is 3. The minimum absolute atomic E-state index is 0.0507. The number of halogens is 3. The Bertz CT molecular complexity index is 1060. The SMILES string of the molecule is COC(=O)C1=C(C)NC(C)=C(C(=O)OC)C1c1ccc(-c2ccccc2C(F)(F)F)o1. The zero-order valence-corrected chi connectivity index (χ0v) is 17.2. The average Bonchev–Trinajstić information content (AvgIpc) is 3.21. The molecule has 0 atom stereocenters. The predicted molar refractivity (Wildman–Crippen MR) is 104 cm³/mol. The fourth-order valence-corrected chi connectivity index (χ4v) is 3.64. The number of benzene rings is 1. The third-order valence-electron chi connectivity index (χ3n) is 4.98. The van der Waals surface area contributed by atoms with Crippen LogP contribution in [-0.4, -0.2) is 26.2 Å². The van der Waals surface area contributed by atoms with Gasteiger partial charge in [0.05, 0.1) is 36.8 Å². The molecule has 0 saturated carbocycles. The van der Waals surface area contributed by atoms with Gasteiger partial charge in [-0.2, -0.15) is 13.2 Å². The van der Waals surface area contributed by atoms with E-state index in [1.807, 2.05) is 0 Å². The van der Waals surface area contributed by atoms with Crippen molar-refractivity contribution in [1.29, 1.82) is 0 Å². The first kappa shape index (κ1) is 22.2. The molecule has 1 N–H and O–H groups in total. The van der Waals surface area contributed by atoms with Crippen LogP contribution in [0.2, 0.25) is 0 Å². The Morgan fingerprint density at radius 3 is 2.00 bits per heavy atom. The zero-order valence-electron chi connectivity index (χ0n) is 17.2. The molecular formula is C22H20F3NO5. The number of allylic oxidation sites excluding steroid dienone is 2. The van der Waals surface area contributed by atoms with E-state index < -0.39 is 29.6 Å². The highest BCUT2D eigenvalue weighted by molar-refractivity contribution is 5.99. The molecule has 1 aliphatic rings. The van der Waals surface area contributed by atoms with E-state index in [1.165, 1.54) is 44.6 Å². The van der Waals surface area contributed by atoms with Gasteiger partial charge in [0.1, 0.15) is 11.5 Å². The first-order chi connectivity index (χ1) is 14.6. The second-order valence-electron chi connectivity index (χ2n) is 6.86. The monoisotopic (exact) mass is 435 g/mol. The van der Waals surface area contributed by atoms with Crippen molar-refractivity contribution in [2.24, 2.45) is 0 Å². The lowest BCUT2D eigenvalue weighted by Crippen LogP contribution is -2.31. The van der Waals surface area contributed by atoms with E-state index in [9.17, 15) is 22.8 Å². The van der Waals surface area contributed by atoms with E-state index in [-0.39, 0.29) is 28.2 Å². The van der Waals surface area contributed by atoms with Gasteiger partial charge in [0, 0.05) is 17.0 Å². The third kappa shape index (κ3) is 4.08. The molecule has 0 unspecified atom stereocenters. The zero-order chi connectivity index (χ0) is 22.9. The third-order valence-corrected chi connectivity index (χ3v) is 4.98. The lowest BCUT2D eigenvalue weighted by molar-refractivity contribution is -0.138. The molecule has 0 saturated heterocycles. The number of furan rings is 1. The number of methoxy groups -OCH3 is 2. The number of carbonyl (C=O) groups is 2. The number of esters is 2. The van der Waals surface area contributed by atoms with Gasteiger partial charge in [-0.25, -0.2) is 9.59 Å². The maximum atomic E-state index is 13.4. The van der Waals surface area contributed by atoms with Crippen LogP contribution in [0, 0.1) is 0 Å². The van der Waals surface area contributed by atoms with Gasteiger partial charge in [-0.05, 0) is 32.0 Å². The van der Waals surface area contributed by atoms with E-state index in [4.69, 9.17) is 13.9 Å². The van der Waals surface area contributed by atoms with Crippen LogP contribution in [0.15, 0.2) is 63.4 Å². The Balaban J connectivity index is 2.18. The highest BCUT2D eigenvalue weighted by Gasteiger charge is 2.40. The quantitative estimate of drug-likeness (QED) is 0.711. The predicted octanol–water partition coefficient (Wildman–Crippen LogP) is 4.55. The van der Waals surface area contributed by atoms with Crippen molar-refractivity contribution in [2.75, 3.05) is 14.2 Å². The van der Waals surface area contributed by atoms with Crippen molar-refractivity contribution in [3.05, 3.63) is 70.3 Å². The van der Waals surface area contributed by atoms with Crippen molar-refractivity contribution in [3.8, 4) is 11.3 Å². The van der Waals surface area contributed by atoms with E-state index in [0.29, 0.717) is 11.4 Å². The molecular weight excluding hydrogens is 415 g/mol. The van der Waals surface area contributed by atoms with Crippen molar-refractivity contribution < 1.29 is 36.7 Å². The highest BCUT2D eigenvalue weighted by Crippen LogP contribution is 2.43. The average molecular weight is 435 g/mol. The van der Waals surface area contributed by atoms with Gasteiger partial charge in [0.25, 0.3) is 0 Å². The molecule has 0 radical (unpaired) electrons. The summed E-state index contributed by atoms with van der Waals surface area (Å²) in [7, 11) is 2.38. The van der Waals surface area contributed by atoms with Gasteiger partial charge in [-0.15, -0.1) is 0 Å². The maximum absolute atomic E-state index is 13.4. The van der Waals surface area contributed by atoms with Crippen molar-refractivity contribution in [1.82, 2.24) is 5.32 Å². The number of hydrogen-bond donors (Lipinski definition) is 1. The first-order valence-corrected chi connectivity index (χ1v) is 9.21. The van der Waals surface area contributed by atoms with Crippen molar-refractivity contribution >= 4 is 11.9 Å². The van der Waals surface area contributed by atoms with Gasteiger partial charge in [0.2, 0.25) is 0 Å². The number of hydrogen-bond acceptors (Lipinski definition) is 6. The molecule has 3 rings (SSSR count). The van der Waals surface area contributed by atoms with Crippen LogP contribution in [0.25, 0.3) is 11.3 Å². The van der Waals surface area contributed by atoms with E-state index in [2.05, 4.69) is 5.32 Å². The molecule has 0 fully saturated rings. The lowest BCUT2D eigenvalue weighted by Gasteiger charge is -2.28. The molecule has 2 aromatic rings. The van der Waals surface area contributed by atoms with Crippen LogP contribution >= 0.6 is 0 Å². The van der Waals surface area contributed by atoms with Gasteiger partial charge in [-0.1, -0.05) is 18.2 Å². The maximum Gasteiger partial charge on any atom is 0.417 e. The number of ether oxygens (including phenoxy) is 2. The second kappa shape index (κ2) is 8.33. The van der Waals surface area contributed by atoms with Crippen molar-refractivity contribution in [3.63, 3.8) is 0 Å². The molecule has 2 heterocycles. The first-order valence-electron chi connectivity index (χ1n) is 9.21. The standard InChI is InChI=1S/C22H20F3NO5/c1-11-17(20(27)29-3)19(18(12(2)26-11)21(28)30-4)16-10-9-15(31-16)13-7-5-6-8-14(13)22(23,24)25/h5-10,19,26H,1-4H3. The van der Waals surface area contributed by atoms with Crippen LogP contribution in [0.1, 0.15) is 31.1 Å². The molecule has 0 bridgehead atoms. The molecule has 0 aliphatic carbocycles. The Morgan fingerprint density at radius 1 is 0.935 bits per heavy atom. The molecule has 1 aromatic heterocycles. The smallest absolute Gasteiger partial charge is 0.417 e. The molecule has 0 amide bonds. The summed E-state index contributed by atoms with van der Waals surface area (Å²) >= 11 is 0. The van der Waals surface area contributed by atoms with Gasteiger partial charge >= 0.3 is 18.1 Å². The Morgan fingerprint density at radius 2 is 1.48 bits per heavy atom. The van der Waals surface area contributed by atoms with Crippen LogP contribution in [0.4, 0.5) is 13.2 Å². The molecule has 6 nitrogen and oxygen atoms in total. The normalized spacial score (nSPS) is 15.1. The fraction of sp³-hybridized carbons (Fsp3) is 0.273. The molecule has 0 spiro atoms. The summed E-state index contributed by atoms with van der Waals surface area (Å²) in [4.78, 5) is 25.0. The van der Waals surface area contributed by atoms with Crippen LogP contribution < -0.4 is 5.32 Å². The molecule has 9 heteroatoms.